The first-order chi connectivity index (χ1) is 13.9. The first kappa shape index (κ1) is 19.1. The second-order valence-electron chi connectivity index (χ2n) is 6.59. The molecule has 1 aliphatic heterocycles. The van der Waals surface area contributed by atoms with Crippen LogP contribution in [0, 0.1) is 6.92 Å². The molecule has 0 saturated heterocycles. The maximum atomic E-state index is 12.5. The topological polar surface area (TPSA) is 87.0 Å². The molecule has 0 spiro atoms. The van der Waals surface area contributed by atoms with Gasteiger partial charge in [-0.2, -0.15) is 0 Å². The summed E-state index contributed by atoms with van der Waals surface area (Å²) in [6.45, 7) is 4.15. The Kier molecular flexibility index (Phi) is 5.07. The van der Waals surface area contributed by atoms with E-state index in [0.29, 0.717) is 46.6 Å². The van der Waals surface area contributed by atoms with Gasteiger partial charge >= 0.3 is 5.97 Å². The molecule has 4 rings (SSSR count). The van der Waals surface area contributed by atoms with Gasteiger partial charge in [0.05, 0.1) is 0 Å². The smallest absolute Gasteiger partial charge is 0.375 e. The minimum absolute atomic E-state index is 0.0428. The molecule has 1 N–H and O–H groups in total. The van der Waals surface area contributed by atoms with Gasteiger partial charge in [0.25, 0.3) is 5.91 Å². The third-order valence-electron chi connectivity index (χ3n) is 4.55. The van der Waals surface area contributed by atoms with Gasteiger partial charge < -0.3 is 23.9 Å². The number of fused-ring (bicyclic) bond motifs is 2. The number of halogens is 1. The van der Waals surface area contributed by atoms with Crippen molar-refractivity contribution in [2.45, 2.75) is 20.0 Å². The average Bonchev–Trinajstić information content (AvgIpc) is 3.04. The van der Waals surface area contributed by atoms with E-state index in [1.165, 1.54) is 6.92 Å². The first-order valence-corrected chi connectivity index (χ1v) is 9.40. The molecule has 0 unspecified atom stereocenters. The maximum absolute atomic E-state index is 12.5. The summed E-state index contributed by atoms with van der Waals surface area (Å²) in [6, 6.07) is 10.1. The third kappa shape index (κ3) is 3.86. The Labute approximate surface area is 171 Å². The van der Waals surface area contributed by atoms with Gasteiger partial charge in [0, 0.05) is 27.7 Å². The maximum Gasteiger partial charge on any atom is 0.375 e. The molecule has 29 heavy (non-hydrogen) atoms. The number of hydrogen-bond donors (Lipinski definition) is 1. The molecular formula is C21H18ClNO6. The van der Waals surface area contributed by atoms with Gasteiger partial charge in [0.15, 0.2) is 17.6 Å². The van der Waals surface area contributed by atoms with E-state index in [-0.39, 0.29) is 5.76 Å². The predicted molar refractivity (Wildman–Crippen MR) is 107 cm³/mol. The van der Waals surface area contributed by atoms with Crippen LogP contribution in [0.3, 0.4) is 0 Å². The minimum Gasteiger partial charge on any atom is -0.486 e. The normalized spacial score (nSPS) is 13.8. The standard InChI is InChI=1S/C21H18ClNO6/c1-11-15-9-13(22)3-5-16(15)29-19(11)21(25)28-12(2)20(24)23-14-4-6-17-18(10-14)27-8-7-26-17/h3-6,9-10,12H,7-8H2,1-2H3,(H,23,24)/t12-/m1/s1. The molecule has 7 nitrogen and oxygen atoms in total. The Morgan fingerprint density at radius 3 is 2.66 bits per heavy atom. The van der Waals surface area contributed by atoms with Crippen molar-refractivity contribution >= 4 is 40.1 Å². The van der Waals surface area contributed by atoms with Crippen molar-refractivity contribution in [3.05, 3.63) is 52.7 Å². The Balaban J connectivity index is 1.45. The van der Waals surface area contributed by atoms with Gasteiger partial charge in [0.2, 0.25) is 5.76 Å². The number of amides is 1. The SMILES string of the molecule is Cc1c(C(=O)O[C@H](C)C(=O)Nc2ccc3c(c2)OCCO3)oc2ccc(Cl)cc12. The molecule has 3 aromatic rings. The Hall–Kier alpha value is -3.19. The number of aryl methyl sites for hydroxylation is 1. The second kappa shape index (κ2) is 7.67. The number of furan rings is 1. The van der Waals surface area contributed by atoms with Crippen LogP contribution in [0.1, 0.15) is 23.0 Å². The van der Waals surface area contributed by atoms with Gasteiger partial charge in [-0.1, -0.05) is 11.6 Å². The zero-order chi connectivity index (χ0) is 20.5. The van der Waals surface area contributed by atoms with Gasteiger partial charge in [-0.25, -0.2) is 4.79 Å². The fraction of sp³-hybridized carbons (Fsp3) is 0.238. The van der Waals surface area contributed by atoms with E-state index in [9.17, 15) is 9.59 Å². The summed E-state index contributed by atoms with van der Waals surface area (Å²) < 4.78 is 21.8. The summed E-state index contributed by atoms with van der Waals surface area (Å²) >= 11 is 6.00. The largest absolute Gasteiger partial charge is 0.486 e. The number of rotatable bonds is 4. The number of benzene rings is 2. The lowest BCUT2D eigenvalue weighted by Crippen LogP contribution is -2.30. The van der Waals surface area contributed by atoms with Crippen LogP contribution in [0.2, 0.25) is 5.02 Å². The molecule has 1 aliphatic rings. The van der Waals surface area contributed by atoms with Crippen LogP contribution in [0.5, 0.6) is 11.5 Å². The summed E-state index contributed by atoms with van der Waals surface area (Å²) in [5, 5.41) is 3.95. The fourth-order valence-corrected chi connectivity index (χ4v) is 3.19. The molecule has 1 aromatic heterocycles. The highest BCUT2D eigenvalue weighted by Crippen LogP contribution is 2.33. The number of ether oxygens (including phenoxy) is 3. The summed E-state index contributed by atoms with van der Waals surface area (Å²) in [4.78, 5) is 25.0. The van der Waals surface area contributed by atoms with E-state index in [2.05, 4.69) is 5.32 Å². The Morgan fingerprint density at radius 1 is 1.10 bits per heavy atom. The van der Waals surface area contributed by atoms with Crippen molar-refractivity contribution < 1.29 is 28.2 Å². The molecule has 1 atom stereocenters. The number of hydrogen-bond acceptors (Lipinski definition) is 6. The van der Waals surface area contributed by atoms with E-state index in [4.69, 9.17) is 30.2 Å². The number of anilines is 1. The molecule has 2 aromatic carbocycles. The monoisotopic (exact) mass is 415 g/mol. The van der Waals surface area contributed by atoms with E-state index in [0.717, 1.165) is 5.39 Å². The van der Waals surface area contributed by atoms with Crippen LogP contribution in [-0.4, -0.2) is 31.2 Å². The Bertz CT molecular complexity index is 1110. The molecule has 2 heterocycles. The summed E-state index contributed by atoms with van der Waals surface area (Å²) in [5.41, 5.74) is 1.64. The molecular weight excluding hydrogens is 398 g/mol. The van der Waals surface area contributed by atoms with Crippen LogP contribution in [0.4, 0.5) is 5.69 Å². The van der Waals surface area contributed by atoms with Crippen LogP contribution in [0.15, 0.2) is 40.8 Å². The van der Waals surface area contributed by atoms with E-state index < -0.39 is 18.0 Å². The van der Waals surface area contributed by atoms with Crippen LogP contribution in [-0.2, 0) is 9.53 Å². The van der Waals surface area contributed by atoms with Crippen molar-refractivity contribution in [3.63, 3.8) is 0 Å². The zero-order valence-electron chi connectivity index (χ0n) is 15.8. The molecule has 0 fully saturated rings. The van der Waals surface area contributed by atoms with E-state index >= 15 is 0 Å². The number of carbonyl (C=O) groups is 2. The lowest BCUT2D eigenvalue weighted by molar-refractivity contribution is -0.123. The van der Waals surface area contributed by atoms with Crippen molar-refractivity contribution in [2.75, 3.05) is 18.5 Å². The molecule has 0 radical (unpaired) electrons. The van der Waals surface area contributed by atoms with Gasteiger partial charge in [-0.3, -0.25) is 4.79 Å². The Morgan fingerprint density at radius 2 is 1.86 bits per heavy atom. The highest BCUT2D eigenvalue weighted by atomic mass is 35.5. The van der Waals surface area contributed by atoms with Crippen LogP contribution < -0.4 is 14.8 Å². The van der Waals surface area contributed by atoms with Crippen molar-refractivity contribution in [2.24, 2.45) is 0 Å². The highest BCUT2D eigenvalue weighted by molar-refractivity contribution is 6.31. The average molecular weight is 416 g/mol. The molecule has 0 saturated carbocycles. The van der Waals surface area contributed by atoms with E-state index in [1.54, 1.807) is 43.3 Å². The summed E-state index contributed by atoms with van der Waals surface area (Å²) in [6.07, 6.45) is -1.04. The first-order valence-electron chi connectivity index (χ1n) is 9.02. The number of carbonyl (C=O) groups excluding carboxylic acids is 2. The number of nitrogens with one attached hydrogen (secondary N) is 1. The van der Waals surface area contributed by atoms with Gasteiger partial charge in [-0.15, -0.1) is 0 Å². The predicted octanol–water partition coefficient (Wildman–Crippen LogP) is 4.35. The molecule has 0 aliphatic carbocycles. The van der Waals surface area contributed by atoms with Gasteiger partial charge in [0.1, 0.15) is 18.8 Å². The van der Waals surface area contributed by atoms with Gasteiger partial charge in [-0.05, 0) is 44.2 Å². The lowest BCUT2D eigenvalue weighted by Gasteiger charge is -2.19. The second-order valence-corrected chi connectivity index (χ2v) is 7.03. The third-order valence-corrected chi connectivity index (χ3v) is 4.78. The van der Waals surface area contributed by atoms with E-state index in [1.807, 2.05) is 0 Å². The van der Waals surface area contributed by atoms with Crippen LogP contribution in [0.25, 0.3) is 11.0 Å². The molecule has 8 heteroatoms. The quantitative estimate of drug-likeness (QED) is 0.637. The lowest BCUT2D eigenvalue weighted by atomic mass is 10.1. The fourth-order valence-electron chi connectivity index (χ4n) is 3.02. The molecule has 1 amide bonds. The number of esters is 1. The minimum atomic E-state index is -1.04. The molecule has 0 bridgehead atoms. The zero-order valence-corrected chi connectivity index (χ0v) is 16.5. The van der Waals surface area contributed by atoms with Crippen molar-refractivity contribution in [1.29, 1.82) is 0 Å². The van der Waals surface area contributed by atoms with Crippen molar-refractivity contribution in [1.82, 2.24) is 0 Å². The molecule has 150 valence electrons. The summed E-state index contributed by atoms with van der Waals surface area (Å²) in [7, 11) is 0. The summed E-state index contributed by atoms with van der Waals surface area (Å²) in [5.74, 6) is 0.0113. The highest BCUT2D eigenvalue weighted by Gasteiger charge is 2.25. The van der Waals surface area contributed by atoms with Crippen molar-refractivity contribution in [3.8, 4) is 11.5 Å². The van der Waals surface area contributed by atoms with Crippen LogP contribution >= 0.6 is 11.6 Å².